The van der Waals surface area contributed by atoms with Gasteiger partial charge in [0.05, 0.1) is 12.7 Å². The summed E-state index contributed by atoms with van der Waals surface area (Å²) < 4.78 is 7.43. The molecular weight excluding hydrogens is 402 g/mol. The maximum atomic E-state index is 13.3. The van der Waals surface area contributed by atoms with E-state index in [4.69, 9.17) is 4.74 Å². The van der Waals surface area contributed by atoms with Crippen molar-refractivity contribution in [1.82, 2.24) is 14.4 Å². The van der Waals surface area contributed by atoms with E-state index in [1.807, 2.05) is 85.2 Å². The van der Waals surface area contributed by atoms with Gasteiger partial charge in [-0.3, -0.25) is 9.59 Å². The summed E-state index contributed by atoms with van der Waals surface area (Å²) in [4.78, 5) is 29.8. The van der Waals surface area contributed by atoms with Crippen LogP contribution in [-0.4, -0.2) is 59.5 Å². The molecule has 1 fully saturated rings. The van der Waals surface area contributed by atoms with Gasteiger partial charge >= 0.3 is 0 Å². The van der Waals surface area contributed by atoms with Crippen LogP contribution in [0, 0.1) is 20.8 Å². The number of benzene rings is 2. The highest BCUT2D eigenvalue weighted by atomic mass is 16.5. The molecule has 0 saturated carbocycles. The first-order chi connectivity index (χ1) is 15.4. The number of amides is 2. The van der Waals surface area contributed by atoms with Crippen molar-refractivity contribution in [2.45, 2.75) is 20.8 Å². The van der Waals surface area contributed by atoms with E-state index in [1.165, 1.54) is 0 Å². The molecule has 6 nitrogen and oxygen atoms in total. The molecule has 3 aromatic rings. The number of nitrogens with zero attached hydrogens (tertiary/aromatic N) is 3. The molecule has 2 amide bonds. The molecule has 0 spiro atoms. The molecule has 0 aliphatic carbocycles. The summed E-state index contributed by atoms with van der Waals surface area (Å²) in [5, 5.41) is 0. The van der Waals surface area contributed by atoms with Crippen LogP contribution in [0.2, 0.25) is 0 Å². The standard InChI is InChI=1S/C26H29N3O3/c1-18-8-10-21(11-9-18)25(30)27-12-14-28(15-13-27)26(31)24-16-19(2)29(20(24)3)22-6-5-7-23(17-22)32-4/h5-11,16-17H,12-15H2,1-4H3. The van der Waals surface area contributed by atoms with Crippen LogP contribution < -0.4 is 4.74 Å². The van der Waals surface area contributed by atoms with Crippen molar-refractivity contribution in [3.63, 3.8) is 0 Å². The summed E-state index contributed by atoms with van der Waals surface area (Å²) in [5.41, 5.74) is 5.38. The minimum absolute atomic E-state index is 0.00896. The first-order valence-corrected chi connectivity index (χ1v) is 10.9. The van der Waals surface area contributed by atoms with Gasteiger partial charge in [0.25, 0.3) is 11.8 Å². The van der Waals surface area contributed by atoms with E-state index in [2.05, 4.69) is 4.57 Å². The molecule has 1 aliphatic heterocycles. The Labute approximate surface area is 189 Å². The van der Waals surface area contributed by atoms with E-state index in [0.717, 1.165) is 28.4 Å². The third kappa shape index (κ3) is 4.13. The molecule has 166 valence electrons. The van der Waals surface area contributed by atoms with Crippen molar-refractivity contribution in [2.75, 3.05) is 33.3 Å². The van der Waals surface area contributed by atoms with Crippen LogP contribution in [0.15, 0.2) is 54.6 Å². The van der Waals surface area contributed by atoms with Crippen LogP contribution in [0.5, 0.6) is 5.75 Å². The number of aryl methyl sites for hydroxylation is 2. The van der Waals surface area contributed by atoms with Crippen molar-refractivity contribution in [1.29, 1.82) is 0 Å². The monoisotopic (exact) mass is 431 g/mol. The van der Waals surface area contributed by atoms with Crippen molar-refractivity contribution in [3.8, 4) is 11.4 Å². The molecule has 0 unspecified atom stereocenters. The average molecular weight is 432 g/mol. The molecule has 0 bridgehead atoms. The van der Waals surface area contributed by atoms with Gasteiger partial charge in [-0.25, -0.2) is 0 Å². The summed E-state index contributed by atoms with van der Waals surface area (Å²) in [5.74, 6) is 0.806. The minimum Gasteiger partial charge on any atom is -0.497 e. The fourth-order valence-corrected chi connectivity index (χ4v) is 4.29. The van der Waals surface area contributed by atoms with Crippen LogP contribution in [0.25, 0.3) is 5.69 Å². The Bertz CT molecular complexity index is 1140. The number of methoxy groups -OCH3 is 1. The lowest BCUT2D eigenvalue weighted by Crippen LogP contribution is -2.50. The molecule has 2 aromatic carbocycles. The second-order valence-electron chi connectivity index (χ2n) is 8.27. The molecule has 1 saturated heterocycles. The summed E-state index contributed by atoms with van der Waals surface area (Å²) in [6.07, 6.45) is 0. The average Bonchev–Trinajstić information content (AvgIpc) is 3.12. The van der Waals surface area contributed by atoms with E-state index in [0.29, 0.717) is 37.3 Å². The minimum atomic E-state index is 0.00896. The molecule has 0 N–H and O–H groups in total. The van der Waals surface area contributed by atoms with Crippen LogP contribution in [0.4, 0.5) is 0 Å². The first kappa shape index (κ1) is 21.7. The van der Waals surface area contributed by atoms with Gasteiger partial charge < -0.3 is 19.1 Å². The quantitative estimate of drug-likeness (QED) is 0.627. The Balaban J connectivity index is 1.48. The smallest absolute Gasteiger partial charge is 0.255 e. The summed E-state index contributed by atoms with van der Waals surface area (Å²) in [6, 6.07) is 17.4. The largest absolute Gasteiger partial charge is 0.497 e. The van der Waals surface area contributed by atoms with E-state index >= 15 is 0 Å². The lowest BCUT2D eigenvalue weighted by atomic mass is 10.1. The van der Waals surface area contributed by atoms with Crippen molar-refractivity contribution < 1.29 is 14.3 Å². The highest BCUT2D eigenvalue weighted by Crippen LogP contribution is 2.25. The fourth-order valence-electron chi connectivity index (χ4n) is 4.29. The van der Waals surface area contributed by atoms with Crippen LogP contribution in [-0.2, 0) is 0 Å². The second-order valence-corrected chi connectivity index (χ2v) is 8.27. The number of aromatic nitrogens is 1. The number of carbonyl (C=O) groups is 2. The summed E-state index contributed by atoms with van der Waals surface area (Å²) in [6.45, 7) is 8.10. The highest BCUT2D eigenvalue weighted by molar-refractivity contribution is 5.97. The lowest BCUT2D eigenvalue weighted by Gasteiger charge is -2.35. The zero-order chi connectivity index (χ0) is 22.8. The number of ether oxygens (including phenoxy) is 1. The molecule has 1 aromatic heterocycles. The van der Waals surface area contributed by atoms with Crippen LogP contribution in [0.1, 0.15) is 37.7 Å². The maximum Gasteiger partial charge on any atom is 0.255 e. The number of hydrogen-bond acceptors (Lipinski definition) is 3. The molecule has 2 heterocycles. The second kappa shape index (κ2) is 8.91. The maximum absolute atomic E-state index is 13.3. The van der Waals surface area contributed by atoms with Crippen molar-refractivity contribution in [2.24, 2.45) is 0 Å². The lowest BCUT2D eigenvalue weighted by molar-refractivity contribution is 0.0535. The topological polar surface area (TPSA) is 54.8 Å². The molecule has 32 heavy (non-hydrogen) atoms. The highest BCUT2D eigenvalue weighted by Gasteiger charge is 2.27. The van der Waals surface area contributed by atoms with Gasteiger partial charge in [0.1, 0.15) is 5.75 Å². The summed E-state index contributed by atoms with van der Waals surface area (Å²) in [7, 11) is 1.65. The number of hydrogen-bond donors (Lipinski definition) is 0. The number of rotatable bonds is 4. The normalized spacial score (nSPS) is 13.9. The van der Waals surface area contributed by atoms with Gasteiger partial charge in [-0.1, -0.05) is 23.8 Å². The van der Waals surface area contributed by atoms with E-state index in [1.54, 1.807) is 7.11 Å². The Morgan fingerprint density at radius 3 is 2.06 bits per heavy atom. The third-order valence-electron chi connectivity index (χ3n) is 6.13. The predicted octanol–water partition coefficient (Wildman–Crippen LogP) is 4.01. The molecular formula is C26H29N3O3. The van der Waals surface area contributed by atoms with Crippen molar-refractivity contribution in [3.05, 3.63) is 82.7 Å². The van der Waals surface area contributed by atoms with E-state index < -0.39 is 0 Å². The fraction of sp³-hybridized carbons (Fsp3) is 0.308. The van der Waals surface area contributed by atoms with E-state index in [-0.39, 0.29) is 11.8 Å². The van der Waals surface area contributed by atoms with E-state index in [9.17, 15) is 9.59 Å². The SMILES string of the molecule is COc1cccc(-n2c(C)cc(C(=O)N3CCN(C(=O)c4ccc(C)cc4)CC3)c2C)c1. The van der Waals surface area contributed by atoms with Gasteiger partial charge in [0.2, 0.25) is 0 Å². The first-order valence-electron chi connectivity index (χ1n) is 10.9. The van der Waals surface area contributed by atoms with Crippen molar-refractivity contribution >= 4 is 11.8 Å². The van der Waals surface area contributed by atoms with Gasteiger partial charge in [-0.05, 0) is 51.1 Å². The van der Waals surface area contributed by atoms with Gasteiger partial charge in [-0.15, -0.1) is 0 Å². The number of piperazine rings is 1. The third-order valence-corrected chi connectivity index (χ3v) is 6.13. The Kier molecular flexibility index (Phi) is 6.04. The van der Waals surface area contributed by atoms with Crippen LogP contribution >= 0.6 is 0 Å². The zero-order valence-electron chi connectivity index (χ0n) is 19.1. The Morgan fingerprint density at radius 2 is 1.44 bits per heavy atom. The summed E-state index contributed by atoms with van der Waals surface area (Å²) >= 11 is 0. The molecule has 0 atom stereocenters. The molecule has 0 radical (unpaired) electrons. The van der Waals surface area contributed by atoms with Gasteiger partial charge in [-0.2, -0.15) is 0 Å². The molecule has 6 heteroatoms. The molecule has 4 rings (SSSR count). The predicted molar refractivity (Wildman–Crippen MR) is 125 cm³/mol. The Hall–Kier alpha value is -3.54. The Morgan fingerprint density at radius 1 is 0.812 bits per heavy atom. The van der Waals surface area contributed by atoms with Gasteiger partial charge in [0, 0.05) is 54.9 Å². The molecule has 1 aliphatic rings. The van der Waals surface area contributed by atoms with Gasteiger partial charge in [0.15, 0.2) is 0 Å². The van der Waals surface area contributed by atoms with Crippen LogP contribution in [0.3, 0.4) is 0 Å². The zero-order valence-corrected chi connectivity index (χ0v) is 19.1. The number of carbonyl (C=O) groups excluding carboxylic acids is 2.